The number of hydrogen-bond donors (Lipinski definition) is 2. The molecule has 0 heterocycles. The van der Waals surface area contributed by atoms with Gasteiger partial charge in [0.25, 0.3) is 10.1 Å². The van der Waals surface area contributed by atoms with E-state index in [9.17, 15) is 21.2 Å². The molecule has 0 aliphatic heterocycles. The molecule has 0 unspecified atom stereocenters. The summed E-state index contributed by atoms with van der Waals surface area (Å²) >= 11 is 0. The molecule has 0 atom stereocenters. The van der Waals surface area contributed by atoms with Crippen molar-refractivity contribution in [1.29, 1.82) is 0 Å². The number of benzene rings is 2. The van der Waals surface area contributed by atoms with Crippen molar-refractivity contribution < 1.29 is 30.5 Å². The van der Waals surface area contributed by atoms with E-state index in [2.05, 4.69) is 0 Å². The van der Waals surface area contributed by atoms with E-state index in [1.165, 1.54) is 31.4 Å². The van der Waals surface area contributed by atoms with Crippen LogP contribution >= 0.6 is 0 Å². The van der Waals surface area contributed by atoms with Gasteiger partial charge >= 0.3 is 0 Å². The Morgan fingerprint density at radius 1 is 1.04 bits per heavy atom. The molecule has 23 heavy (non-hydrogen) atoms. The lowest BCUT2D eigenvalue weighted by atomic mass is 10.1. The highest BCUT2D eigenvalue weighted by Gasteiger charge is 2.27. The topological polar surface area (TPSA) is 124 Å². The van der Waals surface area contributed by atoms with Crippen LogP contribution in [0.1, 0.15) is 0 Å². The van der Waals surface area contributed by atoms with Gasteiger partial charge in [-0.2, -0.15) is 8.42 Å². The van der Waals surface area contributed by atoms with Crippen LogP contribution in [0.4, 0.5) is 4.39 Å². The summed E-state index contributed by atoms with van der Waals surface area (Å²) < 4.78 is 73.9. The van der Waals surface area contributed by atoms with Crippen molar-refractivity contribution in [1.82, 2.24) is 0 Å². The molecule has 2 rings (SSSR count). The fourth-order valence-corrected chi connectivity index (χ4v) is 3.50. The van der Waals surface area contributed by atoms with Gasteiger partial charge in [-0.05, 0) is 23.8 Å². The summed E-state index contributed by atoms with van der Waals surface area (Å²) in [4.78, 5) is -2.18. The van der Waals surface area contributed by atoms with E-state index in [1.54, 1.807) is 0 Å². The van der Waals surface area contributed by atoms with E-state index in [4.69, 9.17) is 14.4 Å². The van der Waals surface area contributed by atoms with Crippen LogP contribution in [0, 0.1) is 5.82 Å². The summed E-state index contributed by atoms with van der Waals surface area (Å²) in [7, 11) is -8.10. The molecular weight excluding hydrogens is 349 g/mol. The predicted molar refractivity (Wildman–Crippen MR) is 79.6 cm³/mol. The Balaban J connectivity index is 2.81. The van der Waals surface area contributed by atoms with Crippen molar-refractivity contribution in [2.45, 2.75) is 9.79 Å². The second-order valence-electron chi connectivity index (χ2n) is 4.50. The van der Waals surface area contributed by atoms with Crippen molar-refractivity contribution in [2.75, 3.05) is 7.11 Å². The van der Waals surface area contributed by atoms with E-state index < -0.39 is 35.7 Å². The number of sulfonamides is 1. The van der Waals surface area contributed by atoms with E-state index >= 15 is 0 Å². The van der Waals surface area contributed by atoms with Crippen LogP contribution in [0.2, 0.25) is 0 Å². The summed E-state index contributed by atoms with van der Waals surface area (Å²) in [6.07, 6.45) is 0. The van der Waals surface area contributed by atoms with E-state index in [0.29, 0.717) is 5.75 Å². The third kappa shape index (κ3) is 3.50. The molecule has 2 aromatic carbocycles. The van der Waals surface area contributed by atoms with Crippen LogP contribution < -0.4 is 9.88 Å². The lowest BCUT2D eigenvalue weighted by Gasteiger charge is -2.12. The summed E-state index contributed by atoms with van der Waals surface area (Å²) in [6, 6.07) is 7.74. The number of ether oxygens (including phenoxy) is 1. The maximum absolute atomic E-state index is 14.3. The first kappa shape index (κ1) is 17.3. The zero-order valence-electron chi connectivity index (χ0n) is 11.7. The Kier molecular flexibility index (Phi) is 4.44. The first-order valence-corrected chi connectivity index (χ1v) is 9.01. The summed E-state index contributed by atoms with van der Waals surface area (Å²) in [5.74, 6) is -1.15. The van der Waals surface area contributed by atoms with Gasteiger partial charge in [0.1, 0.15) is 15.5 Å². The molecular formula is C13H12FNO6S2. The number of nitrogens with two attached hydrogens (primary N) is 1. The third-order valence-electron chi connectivity index (χ3n) is 3.03. The predicted octanol–water partition coefficient (Wildman–Crippen LogP) is 1.40. The SMILES string of the molecule is COc1ccc(-c2ccc(S(=O)(=O)O)c(F)c2S(N)(=O)=O)cc1. The number of rotatable bonds is 4. The maximum atomic E-state index is 14.3. The lowest BCUT2D eigenvalue weighted by molar-refractivity contribution is 0.415. The Morgan fingerprint density at radius 3 is 2.04 bits per heavy atom. The standard InChI is InChI=1S/C13H12FNO6S2/c1-21-9-4-2-8(3-5-9)10-6-7-11(23(18,19)20)12(14)13(10)22(15,16)17/h2-7H,1H3,(H2,15,16,17)(H,18,19,20). The zero-order valence-corrected chi connectivity index (χ0v) is 13.4. The minimum absolute atomic E-state index is 0.139. The van der Waals surface area contributed by atoms with E-state index in [1.807, 2.05) is 0 Å². The summed E-state index contributed by atoms with van der Waals surface area (Å²) in [5, 5.41) is 5.00. The molecule has 0 bridgehead atoms. The molecule has 0 aliphatic carbocycles. The molecule has 0 spiro atoms. The first-order chi connectivity index (χ1) is 10.6. The zero-order chi connectivity index (χ0) is 17.4. The lowest BCUT2D eigenvalue weighted by Crippen LogP contribution is -2.17. The minimum atomic E-state index is -4.94. The Bertz CT molecular complexity index is 953. The molecule has 3 N–H and O–H groups in total. The smallest absolute Gasteiger partial charge is 0.297 e. The molecule has 7 nitrogen and oxygen atoms in total. The second-order valence-corrected chi connectivity index (χ2v) is 7.39. The molecule has 0 saturated carbocycles. The van der Waals surface area contributed by atoms with Crippen LogP contribution in [0.15, 0.2) is 46.2 Å². The second kappa shape index (κ2) is 5.89. The van der Waals surface area contributed by atoms with Gasteiger partial charge < -0.3 is 4.74 Å². The van der Waals surface area contributed by atoms with Crippen molar-refractivity contribution in [3.63, 3.8) is 0 Å². The monoisotopic (exact) mass is 361 g/mol. The van der Waals surface area contributed by atoms with Gasteiger partial charge in [-0.1, -0.05) is 18.2 Å². The quantitative estimate of drug-likeness (QED) is 0.793. The number of hydrogen-bond acceptors (Lipinski definition) is 5. The van der Waals surface area contributed by atoms with Crippen LogP contribution in [0.3, 0.4) is 0 Å². The van der Waals surface area contributed by atoms with Gasteiger partial charge in [-0.15, -0.1) is 0 Å². The van der Waals surface area contributed by atoms with E-state index in [0.717, 1.165) is 12.1 Å². The number of halogens is 1. The van der Waals surface area contributed by atoms with Crippen LogP contribution in [-0.4, -0.2) is 28.5 Å². The molecule has 0 aromatic heterocycles. The Morgan fingerprint density at radius 2 is 1.61 bits per heavy atom. The van der Waals surface area contributed by atoms with Crippen molar-refractivity contribution in [3.8, 4) is 16.9 Å². The summed E-state index contributed by atoms with van der Waals surface area (Å²) in [6.45, 7) is 0. The minimum Gasteiger partial charge on any atom is -0.497 e. The maximum Gasteiger partial charge on any atom is 0.297 e. The fraction of sp³-hybridized carbons (Fsp3) is 0.0769. The molecule has 2 aromatic rings. The Hall–Kier alpha value is -2.01. The number of primary sulfonamides is 1. The van der Waals surface area contributed by atoms with Gasteiger partial charge in [-0.3, -0.25) is 4.55 Å². The largest absolute Gasteiger partial charge is 0.497 e. The van der Waals surface area contributed by atoms with Gasteiger partial charge in [0.15, 0.2) is 5.82 Å². The normalized spacial score (nSPS) is 12.2. The van der Waals surface area contributed by atoms with Crippen LogP contribution in [0.5, 0.6) is 5.75 Å². The van der Waals surface area contributed by atoms with Crippen LogP contribution in [0.25, 0.3) is 11.1 Å². The van der Waals surface area contributed by atoms with Gasteiger partial charge in [-0.25, -0.2) is 17.9 Å². The van der Waals surface area contributed by atoms with Crippen molar-refractivity contribution >= 4 is 20.1 Å². The first-order valence-electron chi connectivity index (χ1n) is 6.03. The van der Waals surface area contributed by atoms with Crippen LogP contribution in [-0.2, 0) is 20.1 Å². The summed E-state index contributed by atoms with van der Waals surface area (Å²) in [5.41, 5.74) is 0.135. The van der Waals surface area contributed by atoms with Gasteiger partial charge in [0.05, 0.1) is 7.11 Å². The molecule has 0 saturated heterocycles. The fourth-order valence-electron chi connectivity index (χ4n) is 2.01. The van der Waals surface area contributed by atoms with E-state index in [-0.39, 0.29) is 11.1 Å². The molecule has 124 valence electrons. The van der Waals surface area contributed by atoms with Gasteiger partial charge in [0, 0.05) is 5.56 Å². The highest BCUT2D eigenvalue weighted by atomic mass is 32.2. The molecule has 0 aliphatic rings. The third-order valence-corrected chi connectivity index (χ3v) is 4.86. The average molecular weight is 361 g/mol. The average Bonchev–Trinajstić information content (AvgIpc) is 2.44. The van der Waals surface area contributed by atoms with Crippen molar-refractivity contribution in [3.05, 3.63) is 42.2 Å². The van der Waals surface area contributed by atoms with Gasteiger partial charge in [0.2, 0.25) is 10.0 Å². The Labute approximate surface area is 132 Å². The molecule has 0 radical (unpaired) electrons. The molecule has 0 amide bonds. The molecule has 0 fully saturated rings. The number of methoxy groups -OCH3 is 1. The highest BCUT2D eigenvalue weighted by molar-refractivity contribution is 7.89. The molecule has 10 heteroatoms. The highest BCUT2D eigenvalue weighted by Crippen LogP contribution is 2.33. The van der Waals surface area contributed by atoms with Crippen molar-refractivity contribution in [2.24, 2.45) is 5.14 Å².